The molecule has 6 nitrogen and oxygen atoms in total. The van der Waals surface area contributed by atoms with Crippen LogP contribution in [0.25, 0.3) is 10.9 Å². The molecule has 7 heteroatoms. The molecule has 0 saturated carbocycles. The van der Waals surface area contributed by atoms with Crippen molar-refractivity contribution in [3.8, 4) is 11.5 Å². The van der Waals surface area contributed by atoms with Crippen LogP contribution in [0.1, 0.15) is 17.0 Å². The van der Waals surface area contributed by atoms with Crippen LogP contribution < -0.4 is 14.2 Å². The molecule has 1 aromatic heterocycles. The first-order valence-corrected chi connectivity index (χ1v) is 11.3. The van der Waals surface area contributed by atoms with Gasteiger partial charge in [0.05, 0.1) is 19.1 Å². The van der Waals surface area contributed by atoms with Crippen molar-refractivity contribution in [1.29, 1.82) is 0 Å². The van der Waals surface area contributed by atoms with Crippen LogP contribution in [0.4, 0.5) is 0 Å². The van der Waals surface area contributed by atoms with Gasteiger partial charge in [-0.2, -0.15) is 0 Å². The Kier molecular flexibility index (Phi) is 5.97. The molecule has 0 unspecified atom stereocenters. The van der Waals surface area contributed by atoms with Crippen molar-refractivity contribution in [2.24, 2.45) is 0 Å². The van der Waals surface area contributed by atoms with E-state index in [9.17, 15) is 8.42 Å². The van der Waals surface area contributed by atoms with Gasteiger partial charge in [-0.1, -0.05) is 48.5 Å². The number of fused-ring (bicyclic) bond motifs is 1. The number of ether oxygens (including phenoxy) is 2. The standard InChI is InChI=1S/C24H24N2O4S/c1-29-23-14-8-12-19(24(23)30-2)21(20-15-25-22-13-7-6-11-18(20)22)16-26-31(27,28)17-9-4-3-5-10-17/h3-15,21,25-26H,16H2,1-2H3/t21-/m0/s1. The Morgan fingerprint density at radius 1 is 0.871 bits per heavy atom. The lowest BCUT2D eigenvalue weighted by Crippen LogP contribution is -2.29. The van der Waals surface area contributed by atoms with Crippen LogP contribution in [0.3, 0.4) is 0 Å². The number of H-pyrrole nitrogens is 1. The molecule has 0 bridgehead atoms. The Bertz CT molecular complexity index is 1280. The van der Waals surface area contributed by atoms with E-state index in [0.29, 0.717) is 11.5 Å². The lowest BCUT2D eigenvalue weighted by atomic mass is 9.90. The number of aromatic amines is 1. The summed E-state index contributed by atoms with van der Waals surface area (Å²) >= 11 is 0. The van der Waals surface area contributed by atoms with Crippen molar-refractivity contribution >= 4 is 20.9 Å². The Balaban J connectivity index is 1.79. The molecule has 0 aliphatic heterocycles. The summed E-state index contributed by atoms with van der Waals surface area (Å²) in [7, 11) is -0.506. The van der Waals surface area contributed by atoms with Crippen LogP contribution >= 0.6 is 0 Å². The van der Waals surface area contributed by atoms with E-state index in [1.54, 1.807) is 44.6 Å². The zero-order valence-electron chi connectivity index (χ0n) is 17.3. The molecular weight excluding hydrogens is 412 g/mol. The molecular formula is C24H24N2O4S. The summed E-state index contributed by atoms with van der Waals surface area (Å²) in [6.07, 6.45) is 1.92. The van der Waals surface area contributed by atoms with E-state index in [1.807, 2.05) is 48.7 Å². The molecule has 31 heavy (non-hydrogen) atoms. The summed E-state index contributed by atoms with van der Waals surface area (Å²) < 4.78 is 39.7. The van der Waals surface area contributed by atoms with Crippen LogP contribution in [0, 0.1) is 0 Å². The van der Waals surface area contributed by atoms with E-state index in [1.165, 1.54) is 0 Å². The average Bonchev–Trinajstić information content (AvgIpc) is 3.23. The van der Waals surface area contributed by atoms with Crippen molar-refractivity contribution in [2.45, 2.75) is 10.8 Å². The molecule has 0 aliphatic carbocycles. The molecule has 4 rings (SSSR count). The first-order valence-electron chi connectivity index (χ1n) is 9.86. The largest absolute Gasteiger partial charge is 0.493 e. The Morgan fingerprint density at radius 3 is 2.35 bits per heavy atom. The highest BCUT2D eigenvalue weighted by Gasteiger charge is 2.25. The second kappa shape index (κ2) is 8.83. The lowest BCUT2D eigenvalue weighted by molar-refractivity contribution is 0.350. The maximum absolute atomic E-state index is 12.9. The molecule has 4 aromatic rings. The van der Waals surface area contributed by atoms with Crippen LogP contribution in [0.2, 0.25) is 0 Å². The van der Waals surface area contributed by atoms with Gasteiger partial charge in [-0.3, -0.25) is 0 Å². The van der Waals surface area contributed by atoms with Crippen molar-refractivity contribution in [3.05, 3.63) is 90.1 Å². The van der Waals surface area contributed by atoms with Gasteiger partial charge in [-0.05, 0) is 29.8 Å². The summed E-state index contributed by atoms with van der Waals surface area (Å²) in [5, 5.41) is 1.02. The van der Waals surface area contributed by atoms with Gasteiger partial charge in [-0.25, -0.2) is 13.1 Å². The van der Waals surface area contributed by atoms with Gasteiger partial charge in [0.2, 0.25) is 10.0 Å². The number of para-hydroxylation sites is 2. The molecule has 1 heterocycles. The number of aromatic nitrogens is 1. The predicted octanol–water partition coefficient (Wildman–Crippen LogP) is 4.30. The van der Waals surface area contributed by atoms with Crippen molar-refractivity contribution < 1.29 is 17.9 Å². The van der Waals surface area contributed by atoms with Crippen LogP contribution in [-0.4, -0.2) is 34.2 Å². The summed E-state index contributed by atoms with van der Waals surface area (Å²) in [6, 6.07) is 21.9. The molecule has 0 radical (unpaired) electrons. The summed E-state index contributed by atoms with van der Waals surface area (Å²) in [4.78, 5) is 3.51. The third-order valence-electron chi connectivity index (χ3n) is 5.34. The average molecular weight is 437 g/mol. The number of benzene rings is 3. The fourth-order valence-corrected chi connectivity index (χ4v) is 4.90. The molecule has 0 saturated heterocycles. The molecule has 0 spiro atoms. The van der Waals surface area contributed by atoms with Crippen LogP contribution in [0.15, 0.2) is 83.9 Å². The number of hydrogen-bond acceptors (Lipinski definition) is 4. The number of methoxy groups -OCH3 is 2. The van der Waals surface area contributed by atoms with Crippen molar-refractivity contribution in [3.63, 3.8) is 0 Å². The van der Waals surface area contributed by atoms with Gasteiger partial charge in [0.1, 0.15) is 0 Å². The van der Waals surface area contributed by atoms with Gasteiger partial charge in [0.25, 0.3) is 0 Å². The first kappa shape index (κ1) is 21.0. The van der Waals surface area contributed by atoms with Gasteiger partial charge in [-0.15, -0.1) is 0 Å². The van der Waals surface area contributed by atoms with Gasteiger partial charge in [0.15, 0.2) is 11.5 Å². The number of rotatable bonds is 8. The Labute approximate surface area is 181 Å². The van der Waals surface area contributed by atoms with E-state index in [2.05, 4.69) is 9.71 Å². The molecule has 0 fully saturated rings. The highest BCUT2D eigenvalue weighted by atomic mass is 32.2. The van der Waals surface area contributed by atoms with E-state index in [-0.39, 0.29) is 17.4 Å². The molecule has 0 amide bonds. The SMILES string of the molecule is COc1cccc([C@H](CNS(=O)(=O)c2ccccc2)c2c[nH]c3ccccc23)c1OC. The molecule has 1 atom stereocenters. The fraction of sp³-hybridized carbons (Fsp3) is 0.167. The minimum absolute atomic E-state index is 0.155. The second-order valence-corrected chi connectivity index (χ2v) is 8.86. The third kappa shape index (κ3) is 4.15. The highest BCUT2D eigenvalue weighted by molar-refractivity contribution is 7.89. The number of sulfonamides is 1. The smallest absolute Gasteiger partial charge is 0.240 e. The quantitative estimate of drug-likeness (QED) is 0.432. The van der Waals surface area contributed by atoms with E-state index in [4.69, 9.17) is 9.47 Å². The van der Waals surface area contributed by atoms with Crippen LogP contribution in [0.5, 0.6) is 11.5 Å². The molecule has 160 valence electrons. The molecule has 3 aromatic carbocycles. The summed E-state index contributed by atoms with van der Waals surface area (Å²) in [5.74, 6) is 0.870. The van der Waals surface area contributed by atoms with Crippen LogP contribution in [-0.2, 0) is 10.0 Å². The molecule has 0 aliphatic rings. The minimum Gasteiger partial charge on any atom is -0.493 e. The number of hydrogen-bond donors (Lipinski definition) is 2. The third-order valence-corrected chi connectivity index (χ3v) is 6.78. The maximum atomic E-state index is 12.9. The first-order chi connectivity index (χ1) is 15.0. The lowest BCUT2D eigenvalue weighted by Gasteiger charge is -2.22. The van der Waals surface area contributed by atoms with Crippen molar-refractivity contribution in [1.82, 2.24) is 9.71 Å². The van der Waals surface area contributed by atoms with Crippen molar-refractivity contribution in [2.75, 3.05) is 20.8 Å². The van der Waals surface area contributed by atoms with E-state index in [0.717, 1.165) is 22.0 Å². The Hall–Kier alpha value is -3.29. The van der Waals surface area contributed by atoms with E-state index >= 15 is 0 Å². The summed E-state index contributed by atoms with van der Waals surface area (Å²) in [6.45, 7) is 0.155. The fourth-order valence-electron chi connectivity index (χ4n) is 3.83. The molecule has 2 N–H and O–H groups in total. The second-order valence-electron chi connectivity index (χ2n) is 7.09. The summed E-state index contributed by atoms with van der Waals surface area (Å²) in [5.41, 5.74) is 2.79. The Morgan fingerprint density at radius 2 is 1.61 bits per heavy atom. The predicted molar refractivity (Wildman–Crippen MR) is 121 cm³/mol. The van der Waals surface area contributed by atoms with Gasteiger partial charge >= 0.3 is 0 Å². The highest BCUT2D eigenvalue weighted by Crippen LogP contribution is 2.40. The zero-order valence-corrected chi connectivity index (χ0v) is 18.1. The van der Waals surface area contributed by atoms with E-state index < -0.39 is 10.0 Å². The monoisotopic (exact) mass is 436 g/mol. The normalized spacial score (nSPS) is 12.6. The van der Waals surface area contributed by atoms with Gasteiger partial charge < -0.3 is 14.5 Å². The van der Waals surface area contributed by atoms with Gasteiger partial charge in [0, 0.05) is 35.1 Å². The topological polar surface area (TPSA) is 80.4 Å². The maximum Gasteiger partial charge on any atom is 0.240 e. The number of nitrogens with one attached hydrogen (secondary N) is 2. The minimum atomic E-state index is -3.68. The zero-order chi connectivity index (χ0) is 21.8.